The van der Waals surface area contributed by atoms with Crippen LogP contribution in [0.25, 0.3) is 11.1 Å². The zero-order chi connectivity index (χ0) is 12.3. The van der Waals surface area contributed by atoms with Crippen LogP contribution >= 0.6 is 0 Å². The molecule has 1 aromatic heterocycles. The molecule has 86 valence electrons. The van der Waals surface area contributed by atoms with Crippen molar-refractivity contribution < 1.29 is 9.53 Å². The van der Waals surface area contributed by atoms with Crippen molar-refractivity contribution >= 4 is 5.78 Å². The molecule has 0 atom stereocenters. The van der Waals surface area contributed by atoms with Crippen molar-refractivity contribution in [2.24, 2.45) is 0 Å². The van der Waals surface area contributed by atoms with Gasteiger partial charge in [-0.1, -0.05) is 24.3 Å². The van der Waals surface area contributed by atoms with Gasteiger partial charge in [0, 0.05) is 23.5 Å². The number of rotatable bonds is 3. The maximum absolute atomic E-state index is 11.1. The largest absolute Gasteiger partial charge is 0.467 e. The second-order valence-corrected chi connectivity index (χ2v) is 3.59. The second-order valence-electron chi connectivity index (χ2n) is 3.59. The van der Waals surface area contributed by atoms with Gasteiger partial charge >= 0.3 is 6.01 Å². The van der Waals surface area contributed by atoms with Gasteiger partial charge in [0.15, 0.2) is 5.78 Å². The van der Waals surface area contributed by atoms with Crippen molar-refractivity contribution in [3.05, 3.63) is 42.2 Å². The van der Waals surface area contributed by atoms with Crippen LogP contribution in [0.15, 0.2) is 36.7 Å². The smallest absolute Gasteiger partial charge is 0.316 e. The van der Waals surface area contributed by atoms with E-state index in [1.54, 1.807) is 31.5 Å². The van der Waals surface area contributed by atoms with Gasteiger partial charge in [-0.05, 0) is 12.5 Å². The van der Waals surface area contributed by atoms with E-state index in [-0.39, 0.29) is 5.78 Å². The molecule has 0 N–H and O–H groups in total. The minimum atomic E-state index is 0.0579. The Morgan fingerprint density at radius 1 is 1.06 bits per heavy atom. The van der Waals surface area contributed by atoms with Crippen LogP contribution in [0.3, 0.4) is 0 Å². The highest BCUT2D eigenvalue weighted by Gasteiger charge is 2.02. The topological polar surface area (TPSA) is 52.1 Å². The van der Waals surface area contributed by atoms with Gasteiger partial charge in [-0.3, -0.25) is 4.79 Å². The Hall–Kier alpha value is -2.23. The minimum absolute atomic E-state index is 0.0579. The Morgan fingerprint density at radius 2 is 1.65 bits per heavy atom. The number of ketones is 1. The molecule has 0 aliphatic heterocycles. The summed E-state index contributed by atoms with van der Waals surface area (Å²) in [5.74, 6) is 0.0579. The van der Waals surface area contributed by atoms with E-state index in [0.717, 1.165) is 11.1 Å². The third-order valence-corrected chi connectivity index (χ3v) is 2.44. The predicted molar refractivity (Wildman–Crippen MR) is 64.0 cm³/mol. The molecular weight excluding hydrogens is 216 g/mol. The summed E-state index contributed by atoms with van der Waals surface area (Å²) in [5, 5.41) is 0. The molecule has 2 aromatic rings. The molecule has 0 saturated heterocycles. The molecule has 4 heteroatoms. The third kappa shape index (κ3) is 2.47. The third-order valence-electron chi connectivity index (χ3n) is 2.44. The van der Waals surface area contributed by atoms with E-state index in [9.17, 15) is 4.79 Å². The van der Waals surface area contributed by atoms with Crippen molar-refractivity contribution in [2.75, 3.05) is 7.11 Å². The van der Waals surface area contributed by atoms with E-state index in [4.69, 9.17) is 4.74 Å². The fraction of sp³-hybridized carbons (Fsp3) is 0.154. The summed E-state index contributed by atoms with van der Waals surface area (Å²) >= 11 is 0. The molecule has 0 bridgehead atoms. The van der Waals surface area contributed by atoms with Gasteiger partial charge < -0.3 is 4.74 Å². The van der Waals surface area contributed by atoms with Crippen LogP contribution in [0.5, 0.6) is 6.01 Å². The average Bonchev–Trinajstić information content (AvgIpc) is 2.39. The Labute approximate surface area is 99.3 Å². The van der Waals surface area contributed by atoms with Gasteiger partial charge in [0.1, 0.15) is 0 Å². The van der Waals surface area contributed by atoms with E-state index in [1.807, 2.05) is 12.1 Å². The van der Waals surface area contributed by atoms with Crippen LogP contribution in [0, 0.1) is 0 Å². The maximum Gasteiger partial charge on any atom is 0.316 e. The number of nitrogens with zero attached hydrogens (tertiary/aromatic N) is 2. The molecule has 0 aliphatic rings. The van der Waals surface area contributed by atoms with Crippen molar-refractivity contribution in [2.45, 2.75) is 6.92 Å². The van der Waals surface area contributed by atoms with Gasteiger partial charge in [-0.25, -0.2) is 9.97 Å². The van der Waals surface area contributed by atoms with E-state index in [2.05, 4.69) is 9.97 Å². The van der Waals surface area contributed by atoms with Crippen molar-refractivity contribution in [3.63, 3.8) is 0 Å². The molecular formula is C13H12N2O2. The second kappa shape index (κ2) is 4.74. The predicted octanol–water partition coefficient (Wildman–Crippen LogP) is 2.35. The number of carbonyl (C=O) groups is 1. The Bertz CT molecular complexity index is 518. The lowest BCUT2D eigenvalue weighted by atomic mass is 10.1. The summed E-state index contributed by atoms with van der Waals surface area (Å²) in [6.45, 7) is 1.55. The molecule has 0 aliphatic carbocycles. The number of hydrogen-bond acceptors (Lipinski definition) is 4. The number of carbonyl (C=O) groups excluding carboxylic acids is 1. The van der Waals surface area contributed by atoms with Gasteiger partial charge in [-0.2, -0.15) is 0 Å². The summed E-state index contributed by atoms with van der Waals surface area (Å²) in [4.78, 5) is 19.2. The fourth-order valence-corrected chi connectivity index (χ4v) is 1.47. The molecule has 0 saturated carbocycles. The highest BCUT2D eigenvalue weighted by Crippen LogP contribution is 2.19. The van der Waals surface area contributed by atoms with Crippen molar-refractivity contribution in [1.29, 1.82) is 0 Å². The normalized spacial score (nSPS) is 10.0. The molecule has 0 unspecified atom stereocenters. The molecule has 2 rings (SSSR count). The zero-order valence-electron chi connectivity index (χ0n) is 9.68. The number of hydrogen-bond donors (Lipinski definition) is 0. The molecule has 1 aromatic carbocycles. The average molecular weight is 228 g/mol. The first-order valence-corrected chi connectivity index (χ1v) is 5.18. The van der Waals surface area contributed by atoms with Crippen LogP contribution < -0.4 is 4.74 Å². The first-order valence-electron chi connectivity index (χ1n) is 5.18. The lowest BCUT2D eigenvalue weighted by Gasteiger charge is -2.02. The first kappa shape index (κ1) is 11.3. The number of benzene rings is 1. The van der Waals surface area contributed by atoms with E-state index in [0.29, 0.717) is 11.6 Å². The SMILES string of the molecule is COc1ncc(-c2ccc(C(C)=O)cc2)cn1. The quantitative estimate of drug-likeness (QED) is 0.757. The van der Waals surface area contributed by atoms with Crippen LogP contribution in [0.4, 0.5) is 0 Å². The molecule has 17 heavy (non-hydrogen) atoms. The van der Waals surface area contributed by atoms with Crippen LogP contribution in [-0.2, 0) is 0 Å². The van der Waals surface area contributed by atoms with Crippen molar-refractivity contribution in [3.8, 4) is 17.1 Å². The molecule has 0 fully saturated rings. The highest BCUT2D eigenvalue weighted by molar-refractivity contribution is 5.94. The van der Waals surface area contributed by atoms with Crippen LogP contribution in [-0.4, -0.2) is 22.9 Å². The minimum Gasteiger partial charge on any atom is -0.467 e. The summed E-state index contributed by atoms with van der Waals surface area (Å²) in [6, 6.07) is 7.68. The van der Waals surface area contributed by atoms with Gasteiger partial charge in [-0.15, -0.1) is 0 Å². The number of aromatic nitrogens is 2. The number of ether oxygens (including phenoxy) is 1. The summed E-state index contributed by atoms with van der Waals surface area (Å²) < 4.78 is 4.89. The Morgan fingerprint density at radius 3 is 2.12 bits per heavy atom. The number of Topliss-reactive ketones (excluding diaryl/α,β-unsaturated/α-hetero) is 1. The molecule has 4 nitrogen and oxygen atoms in total. The van der Waals surface area contributed by atoms with Crippen LogP contribution in [0.1, 0.15) is 17.3 Å². The lowest BCUT2D eigenvalue weighted by Crippen LogP contribution is -1.93. The van der Waals surface area contributed by atoms with E-state index >= 15 is 0 Å². The summed E-state index contributed by atoms with van der Waals surface area (Å²) in [6.07, 6.45) is 3.38. The molecule has 0 radical (unpaired) electrons. The van der Waals surface area contributed by atoms with E-state index < -0.39 is 0 Å². The Kier molecular flexibility index (Phi) is 3.14. The maximum atomic E-state index is 11.1. The number of methoxy groups -OCH3 is 1. The zero-order valence-corrected chi connectivity index (χ0v) is 9.68. The lowest BCUT2D eigenvalue weighted by molar-refractivity contribution is 0.101. The first-order chi connectivity index (χ1) is 8.20. The monoisotopic (exact) mass is 228 g/mol. The van der Waals surface area contributed by atoms with Crippen LogP contribution in [0.2, 0.25) is 0 Å². The van der Waals surface area contributed by atoms with Crippen molar-refractivity contribution in [1.82, 2.24) is 9.97 Å². The molecule has 0 spiro atoms. The summed E-state index contributed by atoms with van der Waals surface area (Å²) in [5.41, 5.74) is 2.56. The Balaban J connectivity index is 2.29. The van der Waals surface area contributed by atoms with Gasteiger partial charge in [0.05, 0.1) is 7.11 Å². The fourth-order valence-electron chi connectivity index (χ4n) is 1.47. The standard InChI is InChI=1S/C13H12N2O2/c1-9(16)10-3-5-11(6-4-10)12-7-14-13(17-2)15-8-12/h3-8H,1-2H3. The molecule has 0 amide bonds. The van der Waals surface area contributed by atoms with Gasteiger partial charge in [0.2, 0.25) is 0 Å². The molecule has 1 heterocycles. The van der Waals surface area contributed by atoms with Gasteiger partial charge in [0.25, 0.3) is 0 Å². The van der Waals surface area contributed by atoms with E-state index in [1.165, 1.54) is 7.11 Å². The highest BCUT2D eigenvalue weighted by atomic mass is 16.5. The summed E-state index contributed by atoms with van der Waals surface area (Å²) in [7, 11) is 1.52.